The molecule has 0 saturated heterocycles. The summed E-state index contributed by atoms with van der Waals surface area (Å²) in [5.41, 5.74) is 0. The van der Waals surface area contributed by atoms with E-state index in [1.165, 1.54) is 166 Å². The van der Waals surface area contributed by atoms with E-state index in [9.17, 15) is 9.59 Å². The van der Waals surface area contributed by atoms with Gasteiger partial charge in [0.15, 0.2) is 0 Å². The maximum absolute atomic E-state index is 11.8. The molecule has 0 aromatic rings. The van der Waals surface area contributed by atoms with Crippen LogP contribution in [0.2, 0.25) is 0 Å². The van der Waals surface area contributed by atoms with Crippen molar-refractivity contribution in [3.8, 4) is 0 Å². The van der Waals surface area contributed by atoms with Crippen molar-refractivity contribution in [2.24, 2.45) is 0 Å². The molecule has 0 aliphatic carbocycles. The van der Waals surface area contributed by atoms with E-state index in [0.29, 0.717) is 13.2 Å². The molecule has 0 N–H and O–H groups in total. The summed E-state index contributed by atoms with van der Waals surface area (Å²) >= 11 is 0. The second-order valence-electron chi connectivity index (χ2n) is 11.9. The van der Waals surface area contributed by atoms with Crippen molar-refractivity contribution in [2.75, 3.05) is 13.2 Å². The van der Waals surface area contributed by atoms with Crippen molar-refractivity contribution in [3.63, 3.8) is 0 Å². The number of rotatable bonds is 32. The maximum Gasteiger partial charge on any atom is 0.331 e. The Morgan fingerprint density at radius 1 is 0.350 bits per heavy atom. The van der Waals surface area contributed by atoms with E-state index < -0.39 is 11.9 Å². The van der Waals surface area contributed by atoms with Gasteiger partial charge in [-0.15, -0.1) is 0 Å². The third kappa shape index (κ3) is 32.9. The SMILES string of the molecule is CCCCCCCCCCCCCCCCOC(=O)/C=C\C(=O)OCCCCCCCCCCCCCCCC. The molecule has 40 heavy (non-hydrogen) atoms. The molecule has 0 bridgehead atoms. The van der Waals surface area contributed by atoms with Crippen LogP contribution in [-0.4, -0.2) is 25.2 Å². The highest BCUT2D eigenvalue weighted by Gasteiger charge is 2.02. The van der Waals surface area contributed by atoms with Crippen LogP contribution in [0.4, 0.5) is 0 Å². The molecule has 0 rings (SSSR count). The average molecular weight is 565 g/mol. The zero-order chi connectivity index (χ0) is 29.2. The number of hydrogen-bond donors (Lipinski definition) is 0. The quantitative estimate of drug-likeness (QED) is 0.0463. The molecule has 0 aliphatic rings. The lowest BCUT2D eigenvalue weighted by Crippen LogP contribution is -2.06. The number of ether oxygens (including phenoxy) is 2. The first-order valence-electron chi connectivity index (χ1n) is 17.7. The van der Waals surface area contributed by atoms with E-state index in [4.69, 9.17) is 9.47 Å². The van der Waals surface area contributed by atoms with Gasteiger partial charge in [0.2, 0.25) is 0 Å². The summed E-state index contributed by atoms with van der Waals surface area (Å²) in [5, 5.41) is 0. The van der Waals surface area contributed by atoms with E-state index >= 15 is 0 Å². The van der Waals surface area contributed by atoms with Crippen LogP contribution in [0.25, 0.3) is 0 Å². The number of hydrogen-bond acceptors (Lipinski definition) is 4. The fraction of sp³-hybridized carbons (Fsp3) is 0.889. The van der Waals surface area contributed by atoms with Crippen LogP contribution in [0.1, 0.15) is 194 Å². The summed E-state index contributed by atoms with van der Waals surface area (Å²) in [6.45, 7) is 5.39. The lowest BCUT2D eigenvalue weighted by Gasteiger charge is -2.04. The third-order valence-corrected chi connectivity index (χ3v) is 7.84. The van der Waals surface area contributed by atoms with E-state index in [1.54, 1.807) is 0 Å². The van der Waals surface area contributed by atoms with Crippen molar-refractivity contribution in [3.05, 3.63) is 12.2 Å². The van der Waals surface area contributed by atoms with Gasteiger partial charge in [0, 0.05) is 12.2 Å². The zero-order valence-corrected chi connectivity index (χ0v) is 27.0. The molecule has 0 heterocycles. The van der Waals surface area contributed by atoms with Gasteiger partial charge in [-0.1, -0.05) is 181 Å². The Bertz CT molecular complexity index is 509. The molecular weight excluding hydrogens is 496 g/mol. The Kier molecular flexibility index (Phi) is 32.8. The summed E-state index contributed by atoms with van der Waals surface area (Å²) in [7, 11) is 0. The standard InChI is InChI=1S/C36H68O4/c1-3-5-7-9-11-13-15-17-19-21-23-25-27-29-33-39-35(37)31-32-36(38)40-34-30-28-26-24-22-20-18-16-14-12-10-8-6-4-2/h31-32H,3-30,33-34H2,1-2H3/b32-31-. The molecule has 0 aromatic heterocycles. The van der Waals surface area contributed by atoms with Crippen LogP contribution in [0.3, 0.4) is 0 Å². The summed E-state index contributed by atoms with van der Waals surface area (Å²) < 4.78 is 10.4. The molecule has 0 aliphatic heterocycles. The maximum atomic E-state index is 11.8. The predicted octanol–water partition coefficient (Wildman–Crippen LogP) is 11.6. The molecule has 0 fully saturated rings. The van der Waals surface area contributed by atoms with Gasteiger partial charge in [0.05, 0.1) is 13.2 Å². The lowest BCUT2D eigenvalue weighted by molar-refractivity contribution is -0.140. The second kappa shape index (κ2) is 33.9. The van der Waals surface area contributed by atoms with Crippen LogP contribution in [0.15, 0.2) is 12.2 Å². The van der Waals surface area contributed by atoms with Crippen LogP contribution in [0.5, 0.6) is 0 Å². The monoisotopic (exact) mass is 565 g/mol. The van der Waals surface area contributed by atoms with Gasteiger partial charge in [-0.3, -0.25) is 0 Å². The first-order chi connectivity index (χ1) is 19.7. The topological polar surface area (TPSA) is 52.6 Å². The zero-order valence-electron chi connectivity index (χ0n) is 27.0. The van der Waals surface area contributed by atoms with Gasteiger partial charge in [0.1, 0.15) is 0 Å². The second-order valence-corrected chi connectivity index (χ2v) is 11.9. The van der Waals surface area contributed by atoms with Gasteiger partial charge >= 0.3 is 11.9 Å². The van der Waals surface area contributed by atoms with Crippen molar-refractivity contribution in [1.29, 1.82) is 0 Å². The summed E-state index contributed by atoms with van der Waals surface area (Å²) in [4.78, 5) is 23.6. The van der Waals surface area contributed by atoms with Crippen molar-refractivity contribution >= 4 is 11.9 Å². The molecule has 0 amide bonds. The van der Waals surface area contributed by atoms with E-state index in [1.807, 2.05) is 0 Å². The number of esters is 2. The molecule has 0 atom stereocenters. The van der Waals surface area contributed by atoms with Crippen molar-refractivity contribution in [2.45, 2.75) is 194 Å². The molecule has 0 unspecified atom stereocenters. The van der Waals surface area contributed by atoms with E-state index in [2.05, 4.69) is 13.8 Å². The van der Waals surface area contributed by atoms with Crippen LogP contribution in [-0.2, 0) is 19.1 Å². The molecule has 0 saturated carbocycles. The Morgan fingerprint density at radius 2 is 0.550 bits per heavy atom. The van der Waals surface area contributed by atoms with Gasteiger partial charge in [-0.2, -0.15) is 0 Å². The summed E-state index contributed by atoms with van der Waals surface area (Å²) in [6.07, 6.45) is 38.9. The highest BCUT2D eigenvalue weighted by Crippen LogP contribution is 2.14. The fourth-order valence-corrected chi connectivity index (χ4v) is 5.17. The van der Waals surface area contributed by atoms with E-state index in [0.717, 1.165) is 25.7 Å². The Morgan fingerprint density at radius 3 is 0.775 bits per heavy atom. The molecule has 236 valence electrons. The Labute approximate surface area is 249 Å². The highest BCUT2D eigenvalue weighted by molar-refractivity contribution is 5.91. The smallest absolute Gasteiger partial charge is 0.331 e. The molecule has 0 aromatic carbocycles. The van der Waals surface area contributed by atoms with Crippen LogP contribution < -0.4 is 0 Å². The largest absolute Gasteiger partial charge is 0.463 e. The molecule has 4 heteroatoms. The normalized spacial score (nSPS) is 11.3. The Hall–Kier alpha value is -1.32. The number of unbranched alkanes of at least 4 members (excludes halogenated alkanes) is 26. The molecule has 0 spiro atoms. The predicted molar refractivity (Wildman–Crippen MR) is 172 cm³/mol. The van der Waals surface area contributed by atoms with Crippen LogP contribution in [0, 0.1) is 0 Å². The van der Waals surface area contributed by atoms with Crippen LogP contribution >= 0.6 is 0 Å². The van der Waals surface area contributed by atoms with Gasteiger partial charge in [0.25, 0.3) is 0 Å². The summed E-state index contributed by atoms with van der Waals surface area (Å²) in [5.74, 6) is -0.911. The van der Waals surface area contributed by atoms with Crippen molar-refractivity contribution in [1.82, 2.24) is 0 Å². The minimum atomic E-state index is -0.455. The molecule has 0 radical (unpaired) electrons. The third-order valence-electron chi connectivity index (χ3n) is 7.84. The first kappa shape index (κ1) is 38.7. The van der Waals surface area contributed by atoms with Gasteiger partial charge in [-0.05, 0) is 12.8 Å². The minimum absolute atomic E-state index is 0.426. The van der Waals surface area contributed by atoms with E-state index in [-0.39, 0.29) is 0 Å². The van der Waals surface area contributed by atoms with Gasteiger partial charge in [-0.25, -0.2) is 9.59 Å². The Balaban J connectivity index is 3.34. The number of carbonyl (C=O) groups is 2. The lowest BCUT2D eigenvalue weighted by atomic mass is 10.0. The van der Waals surface area contributed by atoms with Crippen molar-refractivity contribution < 1.29 is 19.1 Å². The van der Waals surface area contributed by atoms with Gasteiger partial charge < -0.3 is 9.47 Å². The first-order valence-corrected chi connectivity index (χ1v) is 17.7. The highest BCUT2D eigenvalue weighted by atomic mass is 16.5. The summed E-state index contributed by atoms with van der Waals surface area (Å²) in [6, 6.07) is 0. The average Bonchev–Trinajstić information content (AvgIpc) is 2.96. The fourth-order valence-electron chi connectivity index (χ4n) is 5.17. The molecular formula is C36H68O4. The number of carbonyl (C=O) groups excluding carboxylic acids is 2. The minimum Gasteiger partial charge on any atom is -0.463 e. The molecule has 4 nitrogen and oxygen atoms in total.